The summed E-state index contributed by atoms with van der Waals surface area (Å²) in [5.74, 6) is -2.99. The van der Waals surface area contributed by atoms with E-state index < -0.39 is 17.5 Å². The number of halogens is 4. The molecule has 0 spiro atoms. The zero-order valence-corrected chi connectivity index (χ0v) is 15.9. The van der Waals surface area contributed by atoms with Crippen molar-refractivity contribution in [1.29, 1.82) is 0 Å². The van der Waals surface area contributed by atoms with Crippen molar-refractivity contribution in [2.45, 2.75) is 23.5 Å². The molecule has 1 N–H and O–H groups in total. The minimum absolute atomic E-state index is 0.00250. The molecule has 1 amide bonds. The lowest BCUT2D eigenvalue weighted by atomic mass is 10.2. The Morgan fingerprint density at radius 2 is 2.00 bits per heavy atom. The van der Waals surface area contributed by atoms with E-state index in [2.05, 4.69) is 10.3 Å². The van der Waals surface area contributed by atoms with Gasteiger partial charge in [0, 0.05) is 12.8 Å². The topological polar surface area (TPSA) is 55.1 Å². The fraction of sp³-hybridized carbons (Fsp3) is 0.158. The molecule has 146 valence electrons. The van der Waals surface area contributed by atoms with Crippen molar-refractivity contribution in [3.63, 3.8) is 0 Å². The SMILES string of the molecule is O=C(CCc1ncc(-c2ccccc2F)o1)Nc1cccc(Cl)c1SC(F)F. The molecule has 0 saturated heterocycles. The third kappa shape index (κ3) is 5.08. The molecule has 0 aliphatic heterocycles. The second-order valence-corrected chi connectivity index (χ2v) is 7.05. The maximum atomic E-state index is 13.8. The van der Waals surface area contributed by atoms with Crippen molar-refractivity contribution in [3.8, 4) is 11.3 Å². The lowest BCUT2D eigenvalue weighted by molar-refractivity contribution is -0.116. The zero-order chi connectivity index (χ0) is 20.1. The second-order valence-electron chi connectivity index (χ2n) is 5.64. The minimum Gasteiger partial charge on any atom is -0.441 e. The number of thioether (sulfide) groups is 1. The van der Waals surface area contributed by atoms with E-state index in [0.717, 1.165) is 0 Å². The average Bonchev–Trinajstić information content (AvgIpc) is 3.12. The highest BCUT2D eigenvalue weighted by Crippen LogP contribution is 2.37. The van der Waals surface area contributed by atoms with Crippen molar-refractivity contribution < 1.29 is 22.4 Å². The molecule has 0 aliphatic rings. The van der Waals surface area contributed by atoms with Crippen molar-refractivity contribution in [1.82, 2.24) is 4.98 Å². The van der Waals surface area contributed by atoms with Gasteiger partial charge < -0.3 is 9.73 Å². The maximum absolute atomic E-state index is 13.8. The fourth-order valence-electron chi connectivity index (χ4n) is 2.46. The zero-order valence-electron chi connectivity index (χ0n) is 14.3. The number of benzene rings is 2. The molecule has 9 heteroatoms. The van der Waals surface area contributed by atoms with Crippen LogP contribution in [-0.2, 0) is 11.2 Å². The van der Waals surface area contributed by atoms with Gasteiger partial charge in [-0.2, -0.15) is 8.78 Å². The average molecular weight is 427 g/mol. The van der Waals surface area contributed by atoms with Gasteiger partial charge in [0.2, 0.25) is 5.91 Å². The number of rotatable bonds is 7. The summed E-state index contributed by atoms with van der Waals surface area (Å²) >= 11 is 6.21. The van der Waals surface area contributed by atoms with Gasteiger partial charge in [-0.1, -0.05) is 41.6 Å². The number of carbonyl (C=O) groups is 1. The van der Waals surface area contributed by atoms with E-state index in [-0.39, 0.29) is 57.4 Å². The van der Waals surface area contributed by atoms with E-state index in [1.165, 1.54) is 24.4 Å². The first-order chi connectivity index (χ1) is 13.4. The molecule has 0 unspecified atom stereocenters. The highest BCUT2D eigenvalue weighted by atomic mass is 35.5. The molecule has 0 fully saturated rings. The Hall–Kier alpha value is -2.45. The summed E-state index contributed by atoms with van der Waals surface area (Å²) in [4.78, 5) is 16.3. The Kier molecular flexibility index (Phi) is 6.64. The van der Waals surface area contributed by atoms with Crippen molar-refractivity contribution in [2.75, 3.05) is 5.32 Å². The quantitative estimate of drug-likeness (QED) is 0.469. The van der Waals surface area contributed by atoms with Gasteiger partial charge in [-0.3, -0.25) is 4.79 Å². The largest absolute Gasteiger partial charge is 0.441 e. The molecule has 0 aliphatic carbocycles. The van der Waals surface area contributed by atoms with E-state index >= 15 is 0 Å². The second kappa shape index (κ2) is 9.16. The molecule has 0 radical (unpaired) electrons. The predicted octanol–water partition coefficient (Wildman–Crippen LogP) is 6.02. The van der Waals surface area contributed by atoms with Gasteiger partial charge in [-0.25, -0.2) is 9.37 Å². The lowest BCUT2D eigenvalue weighted by Crippen LogP contribution is -2.13. The van der Waals surface area contributed by atoms with Crippen LogP contribution in [0.2, 0.25) is 5.02 Å². The van der Waals surface area contributed by atoms with Crippen LogP contribution in [0.1, 0.15) is 12.3 Å². The molecule has 3 aromatic rings. The number of oxazole rings is 1. The summed E-state index contributed by atoms with van der Waals surface area (Å²) in [5.41, 5.74) is 0.487. The number of amides is 1. The van der Waals surface area contributed by atoms with Crippen LogP contribution in [0.15, 0.2) is 58.0 Å². The number of aromatic nitrogens is 1. The molecule has 0 atom stereocenters. The summed E-state index contributed by atoms with van der Waals surface area (Å²) in [7, 11) is 0. The number of aryl methyl sites for hydroxylation is 1. The number of anilines is 1. The summed E-state index contributed by atoms with van der Waals surface area (Å²) in [6.07, 6.45) is 1.56. The van der Waals surface area contributed by atoms with Crippen LogP contribution in [-0.4, -0.2) is 16.6 Å². The maximum Gasteiger partial charge on any atom is 0.289 e. The molecule has 2 aromatic carbocycles. The van der Waals surface area contributed by atoms with Crippen LogP contribution in [0.4, 0.5) is 18.9 Å². The molecule has 28 heavy (non-hydrogen) atoms. The van der Waals surface area contributed by atoms with Gasteiger partial charge in [0.25, 0.3) is 5.76 Å². The monoisotopic (exact) mass is 426 g/mol. The number of nitrogens with zero attached hydrogens (tertiary/aromatic N) is 1. The standard InChI is InChI=1S/C19H14ClF3N2O2S/c20-12-5-3-7-14(18(12)28-19(22)23)25-16(26)8-9-17-24-10-15(27-17)11-4-1-2-6-13(11)21/h1-7,10,19H,8-9H2,(H,25,26). The Balaban J connectivity index is 1.63. The molecule has 4 nitrogen and oxygen atoms in total. The number of hydrogen-bond donors (Lipinski definition) is 1. The normalized spacial score (nSPS) is 11.0. The first-order valence-electron chi connectivity index (χ1n) is 8.17. The van der Waals surface area contributed by atoms with Gasteiger partial charge in [-0.15, -0.1) is 0 Å². The van der Waals surface area contributed by atoms with E-state index in [9.17, 15) is 18.0 Å². The number of hydrogen-bond acceptors (Lipinski definition) is 4. The Bertz CT molecular complexity index is 981. The Morgan fingerprint density at radius 1 is 1.21 bits per heavy atom. The number of alkyl halides is 2. The van der Waals surface area contributed by atoms with Gasteiger partial charge in [0.05, 0.1) is 27.4 Å². The van der Waals surface area contributed by atoms with Crippen LogP contribution in [0.5, 0.6) is 0 Å². The van der Waals surface area contributed by atoms with E-state index in [0.29, 0.717) is 0 Å². The number of carbonyl (C=O) groups excluding carboxylic acids is 1. The Morgan fingerprint density at radius 3 is 2.75 bits per heavy atom. The van der Waals surface area contributed by atoms with Gasteiger partial charge in [-0.05, 0) is 24.3 Å². The van der Waals surface area contributed by atoms with Crippen LogP contribution in [0.25, 0.3) is 11.3 Å². The number of nitrogens with one attached hydrogen (secondary N) is 1. The molecule has 3 rings (SSSR count). The first kappa shape index (κ1) is 20.3. The van der Waals surface area contributed by atoms with Crippen LogP contribution in [0, 0.1) is 5.82 Å². The molecule has 0 saturated carbocycles. The van der Waals surface area contributed by atoms with Gasteiger partial charge in [0.1, 0.15) is 5.82 Å². The predicted molar refractivity (Wildman–Crippen MR) is 102 cm³/mol. The van der Waals surface area contributed by atoms with Crippen LogP contribution < -0.4 is 5.32 Å². The highest BCUT2D eigenvalue weighted by molar-refractivity contribution is 7.99. The summed E-state index contributed by atoms with van der Waals surface area (Å²) < 4.78 is 44.7. The van der Waals surface area contributed by atoms with Crippen molar-refractivity contribution >= 4 is 35.0 Å². The van der Waals surface area contributed by atoms with Crippen molar-refractivity contribution in [2.24, 2.45) is 0 Å². The van der Waals surface area contributed by atoms with E-state index in [4.69, 9.17) is 16.0 Å². The minimum atomic E-state index is -2.67. The molecule has 1 aromatic heterocycles. The highest BCUT2D eigenvalue weighted by Gasteiger charge is 2.16. The lowest BCUT2D eigenvalue weighted by Gasteiger charge is -2.11. The summed E-state index contributed by atoms with van der Waals surface area (Å²) in [6.45, 7) is 0. The third-order valence-electron chi connectivity index (χ3n) is 3.71. The van der Waals surface area contributed by atoms with Gasteiger partial charge >= 0.3 is 0 Å². The van der Waals surface area contributed by atoms with E-state index in [1.807, 2.05) is 0 Å². The first-order valence-corrected chi connectivity index (χ1v) is 9.42. The summed E-state index contributed by atoms with van der Waals surface area (Å²) in [6, 6.07) is 10.6. The third-order valence-corrected chi connectivity index (χ3v) is 4.99. The van der Waals surface area contributed by atoms with Gasteiger partial charge in [0.15, 0.2) is 11.7 Å². The van der Waals surface area contributed by atoms with E-state index in [1.54, 1.807) is 24.3 Å². The molecule has 1 heterocycles. The fourth-order valence-corrected chi connectivity index (χ4v) is 3.37. The molecular weight excluding hydrogens is 413 g/mol. The Labute approximate surface area is 168 Å². The molecule has 0 bridgehead atoms. The smallest absolute Gasteiger partial charge is 0.289 e. The summed E-state index contributed by atoms with van der Waals surface area (Å²) in [5, 5.41) is 2.70. The van der Waals surface area contributed by atoms with Crippen LogP contribution in [0.3, 0.4) is 0 Å². The van der Waals surface area contributed by atoms with Crippen molar-refractivity contribution in [3.05, 3.63) is 65.4 Å². The van der Waals surface area contributed by atoms with Crippen LogP contribution >= 0.6 is 23.4 Å². The molecular formula is C19H14ClF3N2O2S.